The molecule has 31 heavy (non-hydrogen) atoms. The highest BCUT2D eigenvalue weighted by molar-refractivity contribution is 5.91. The number of nitrogens with zero attached hydrogens (tertiary/aromatic N) is 2. The van der Waals surface area contributed by atoms with Gasteiger partial charge in [-0.25, -0.2) is 4.39 Å². The van der Waals surface area contributed by atoms with Crippen molar-refractivity contribution < 1.29 is 23.2 Å². The minimum Gasteiger partial charge on any atom is -0.493 e. The van der Waals surface area contributed by atoms with Crippen molar-refractivity contribution in [1.82, 2.24) is 10.1 Å². The molecule has 162 valence electrons. The number of aromatic nitrogens is 1. The molecule has 0 fully saturated rings. The van der Waals surface area contributed by atoms with Crippen LogP contribution in [0.3, 0.4) is 0 Å². The summed E-state index contributed by atoms with van der Waals surface area (Å²) in [5, 5.41) is 3.92. The Hall–Kier alpha value is -3.61. The Kier molecular flexibility index (Phi) is 7.07. The number of amides is 1. The van der Waals surface area contributed by atoms with Crippen LogP contribution < -0.4 is 9.47 Å². The van der Waals surface area contributed by atoms with Gasteiger partial charge >= 0.3 is 0 Å². The molecule has 0 saturated heterocycles. The van der Waals surface area contributed by atoms with Crippen molar-refractivity contribution in [1.29, 1.82) is 0 Å². The normalized spacial score (nSPS) is 11.0. The van der Waals surface area contributed by atoms with Gasteiger partial charge in [-0.3, -0.25) is 4.79 Å². The third kappa shape index (κ3) is 5.72. The number of methoxy groups -OCH3 is 1. The monoisotopic (exact) mass is 424 g/mol. The van der Waals surface area contributed by atoms with Crippen LogP contribution in [-0.2, 0) is 17.9 Å². The van der Waals surface area contributed by atoms with Crippen LogP contribution >= 0.6 is 0 Å². The Bertz CT molecular complexity index is 1050. The summed E-state index contributed by atoms with van der Waals surface area (Å²) in [6.07, 6.45) is 3.20. The average molecular weight is 424 g/mol. The van der Waals surface area contributed by atoms with E-state index < -0.39 is 0 Å². The summed E-state index contributed by atoms with van der Waals surface area (Å²) < 4.78 is 29.5. The molecule has 0 bridgehead atoms. The molecular formula is C24H25FN2O4. The van der Waals surface area contributed by atoms with Crippen molar-refractivity contribution in [2.24, 2.45) is 0 Å². The Morgan fingerprint density at radius 3 is 2.55 bits per heavy atom. The second kappa shape index (κ2) is 9.93. The molecule has 1 amide bonds. The molecule has 0 aliphatic heterocycles. The van der Waals surface area contributed by atoms with Crippen molar-refractivity contribution in [2.45, 2.75) is 27.0 Å². The molecule has 0 aliphatic carbocycles. The summed E-state index contributed by atoms with van der Waals surface area (Å²) in [7, 11) is 3.26. The summed E-state index contributed by atoms with van der Waals surface area (Å²) in [6.45, 7) is 4.42. The number of carbonyl (C=O) groups is 1. The molecule has 0 saturated carbocycles. The molecule has 3 rings (SSSR count). The van der Waals surface area contributed by atoms with Gasteiger partial charge in [0.25, 0.3) is 0 Å². The van der Waals surface area contributed by atoms with Crippen molar-refractivity contribution in [2.75, 3.05) is 14.2 Å². The first kappa shape index (κ1) is 22.1. The summed E-state index contributed by atoms with van der Waals surface area (Å²) in [5.41, 5.74) is 3.34. The molecule has 0 N–H and O–H groups in total. The zero-order valence-electron chi connectivity index (χ0n) is 18.0. The predicted molar refractivity (Wildman–Crippen MR) is 115 cm³/mol. The first-order valence-electron chi connectivity index (χ1n) is 9.77. The second-order valence-corrected chi connectivity index (χ2v) is 7.16. The number of hydrogen-bond acceptors (Lipinski definition) is 5. The summed E-state index contributed by atoms with van der Waals surface area (Å²) in [4.78, 5) is 14.0. The van der Waals surface area contributed by atoms with Crippen molar-refractivity contribution in [3.05, 3.63) is 82.5 Å². The highest BCUT2D eigenvalue weighted by Crippen LogP contribution is 2.30. The van der Waals surface area contributed by atoms with Gasteiger partial charge in [0, 0.05) is 19.7 Å². The number of carbonyl (C=O) groups excluding carboxylic acids is 1. The number of ether oxygens (including phenoxy) is 2. The van der Waals surface area contributed by atoms with Gasteiger partial charge in [-0.15, -0.1) is 0 Å². The summed E-state index contributed by atoms with van der Waals surface area (Å²) in [6, 6.07) is 11.5. The molecule has 1 heterocycles. The van der Waals surface area contributed by atoms with Crippen molar-refractivity contribution in [3.63, 3.8) is 0 Å². The van der Waals surface area contributed by atoms with Gasteiger partial charge in [-0.2, -0.15) is 0 Å². The maximum absolute atomic E-state index is 13.0. The molecular weight excluding hydrogens is 399 g/mol. The fourth-order valence-electron chi connectivity index (χ4n) is 3.00. The lowest BCUT2D eigenvalue weighted by atomic mass is 10.1. The summed E-state index contributed by atoms with van der Waals surface area (Å²) >= 11 is 0. The highest BCUT2D eigenvalue weighted by atomic mass is 19.1. The number of benzene rings is 2. The largest absolute Gasteiger partial charge is 0.493 e. The van der Waals surface area contributed by atoms with E-state index in [0.717, 1.165) is 28.1 Å². The minimum absolute atomic E-state index is 0.165. The molecule has 7 heteroatoms. The number of rotatable bonds is 8. The van der Waals surface area contributed by atoms with Crippen LogP contribution in [-0.4, -0.2) is 30.1 Å². The Morgan fingerprint density at radius 1 is 1.16 bits per heavy atom. The average Bonchev–Trinajstić information content (AvgIpc) is 3.09. The van der Waals surface area contributed by atoms with E-state index in [0.29, 0.717) is 24.7 Å². The van der Waals surface area contributed by atoms with Crippen LogP contribution in [0.5, 0.6) is 11.5 Å². The van der Waals surface area contributed by atoms with Gasteiger partial charge in [-0.1, -0.05) is 23.4 Å². The molecule has 6 nitrogen and oxygen atoms in total. The fraction of sp³-hybridized carbons (Fsp3) is 0.250. The van der Waals surface area contributed by atoms with Crippen LogP contribution in [0, 0.1) is 19.7 Å². The maximum Gasteiger partial charge on any atom is 0.246 e. The van der Waals surface area contributed by atoms with Crippen LogP contribution in [0.2, 0.25) is 0 Å². The Balaban J connectivity index is 1.63. The van der Waals surface area contributed by atoms with E-state index >= 15 is 0 Å². The minimum atomic E-state index is -0.300. The van der Waals surface area contributed by atoms with Gasteiger partial charge in [-0.05, 0) is 55.3 Å². The van der Waals surface area contributed by atoms with Gasteiger partial charge in [0.05, 0.1) is 18.4 Å². The van der Waals surface area contributed by atoms with E-state index in [2.05, 4.69) is 5.16 Å². The third-order valence-electron chi connectivity index (χ3n) is 4.87. The van der Waals surface area contributed by atoms with Crippen molar-refractivity contribution >= 4 is 12.0 Å². The Labute approximate surface area is 180 Å². The number of halogens is 1. The zero-order valence-corrected chi connectivity index (χ0v) is 18.0. The molecule has 1 aromatic heterocycles. The maximum atomic E-state index is 13.0. The first-order chi connectivity index (χ1) is 14.9. The zero-order chi connectivity index (χ0) is 22.4. The molecule has 0 atom stereocenters. The van der Waals surface area contributed by atoms with Crippen LogP contribution in [0.1, 0.15) is 28.1 Å². The quantitative estimate of drug-likeness (QED) is 0.491. The summed E-state index contributed by atoms with van der Waals surface area (Å²) in [5.74, 6) is 1.40. The predicted octanol–water partition coefficient (Wildman–Crippen LogP) is 4.69. The van der Waals surface area contributed by atoms with E-state index in [1.54, 1.807) is 49.4 Å². The third-order valence-corrected chi connectivity index (χ3v) is 4.87. The standard InChI is InChI=1S/C24H25FN2O4/c1-16-21(17(2)31-26-16)15-30-22-11-7-18(13-23(22)29-4)8-12-24(28)27(3)14-19-5-9-20(25)10-6-19/h5-13H,14-15H2,1-4H3. The second-order valence-electron chi connectivity index (χ2n) is 7.16. The first-order valence-corrected chi connectivity index (χ1v) is 9.77. The van der Waals surface area contributed by atoms with E-state index in [9.17, 15) is 9.18 Å². The smallest absolute Gasteiger partial charge is 0.246 e. The highest BCUT2D eigenvalue weighted by Gasteiger charge is 2.12. The van der Waals surface area contributed by atoms with Crippen molar-refractivity contribution in [3.8, 4) is 11.5 Å². The van der Waals surface area contributed by atoms with Gasteiger partial charge in [0.2, 0.25) is 5.91 Å². The van der Waals surface area contributed by atoms with Crippen LogP contribution in [0.4, 0.5) is 4.39 Å². The van der Waals surface area contributed by atoms with Crippen LogP contribution in [0.15, 0.2) is 53.1 Å². The Morgan fingerprint density at radius 2 is 1.90 bits per heavy atom. The molecule has 0 radical (unpaired) electrons. The topological polar surface area (TPSA) is 64.8 Å². The van der Waals surface area contributed by atoms with E-state index in [-0.39, 0.29) is 11.7 Å². The molecule has 3 aromatic rings. The van der Waals surface area contributed by atoms with Gasteiger partial charge < -0.3 is 18.9 Å². The van der Waals surface area contributed by atoms with E-state index in [1.807, 2.05) is 19.9 Å². The van der Waals surface area contributed by atoms with Gasteiger partial charge in [0.15, 0.2) is 11.5 Å². The molecule has 0 spiro atoms. The molecule has 0 aliphatic rings. The van der Waals surface area contributed by atoms with E-state index in [4.69, 9.17) is 14.0 Å². The van der Waals surface area contributed by atoms with Gasteiger partial charge in [0.1, 0.15) is 18.2 Å². The number of likely N-dealkylation sites (N-methyl/N-ethyl adjacent to an activating group) is 1. The number of aryl methyl sites for hydroxylation is 2. The SMILES string of the molecule is COc1cc(C=CC(=O)N(C)Cc2ccc(F)cc2)ccc1OCc1c(C)noc1C. The lowest BCUT2D eigenvalue weighted by Crippen LogP contribution is -2.24. The molecule has 2 aromatic carbocycles. The van der Waals surface area contributed by atoms with Crippen LogP contribution in [0.25, 0.3) is 6.08 Å². The molecule has 0 unspecified atom stereocenters. The number of hydrogen-bond donors (Lipinski definition) is 0. The lowest BCUT2D eigenvalue weighted by Gasteiger charge is -2.15. The lowest BCUT2D eigenvalue weighted by molar-refractivity contribution is -0.125. The fourth-order valence-corrected chi connectivity index (χ4v) is 3.00. The van der Waals surface area contributed by atoms with E-state index in [1.165, 1.54) is 18.2 Å².